The summed E-state index contributed by atoms with van der Waals surface area (Å²) in [5.41, 5.74) is 6.47. The fraction of sp³-hybridized carbons (Fsp3) is 0.429. The summed E-state index contributed by atoms with van der Waals surface area (Å²) >= 11 is 0. The maximum Gasteiger partial charge on any atom is 0.0491 e. The van der Waals surface area contributed by atoms with Crippen LogP contribution in [0, 0.1) is 20.8 Å². The highest BCUT2D eigenvalue weighted by Crippen LogP contribution is 2.28. The van der Waals surface area contributed by atoms with Crippen LogP contribution in [0.15, 0.2) is 12.1 Å². The van der Waals surface area contributed by atoms with E-state index in [0.717, 1.165) is 12.8 Å². The average molecular weight is 217 g/mol. The van der Waals surface area contributed by atoms with Crippen molar-refractivity contribution in [2.24, 2.45) is 0 Å². The minimum atomic E-state index is 0.261. The van der Waals surface area contributed by atoms with Gasteiger partial charge in [0.05, 0.1) is 0 Å². The molecule has 0 atom stereocenters. The highest BCUT2D eigenvalue weighted by Gasteiger charge is 2.11. The molecule has 1 aromatic heterocycles. The van der Waals surface area contributed by atoms with E-state index in [1.807, 2.05) is 0 Å². The minimum Gasteiger partial charge on any atom is -0.396 e. The second kappa shape index (κ2) is 4.30. The van der Waals surface area contributed by atoms with Gasteiger partial charge in [-0.2, -0.15) is 0 Å². The Balaban J connectivity index is 2.63. The van der Waals surface area contributed by atoms with E-state index in [0.29, 0.717) is 0 Å². The molecule has 0 radical (unpaired) electrons. The Morgan fingerprint density at radius 3 is 2.50 bits per heavy atom. The molecule has 1 heterocycles. The smallest absolute Gasteiger partial charge is 0.0491 e. The molecule has 2 N–H and O–H groups in total. The Labute approximate surface area is 96.3 Å². The van der Waals surface area contributed by atoms with Gasteiger partial charge in [-0.25, -0.2) is 0 Å². The normalized spacial score (nSPS) is 11.2. The standard InChI is InChI=1S/C14H19NO/c1-9-6-7-10(2)14-13(9)12(5-4-8-16)11(3)15-14/h6-7,15-16H,4-5,8H2,1-3H3. The van der Waals surface area contributed by atoms with Gasteiger partial charge in [-0.05, 0) is 50.3 Å². The zero-order valence-corrected chi connectivity index (χ0v) is 10.2. The van der Waals surface area contributed by atoms with Crippen molar-refractivity contribution in [3.63, 3.8) is 0 Å². The first-order chi connectivity index (χ1) is 7.65. The van der Waals surface area contributed by atoms with Gasteiger partial charge < -0.3 is 10.1 Å². The van der Waals surface area contributed by atoms with Gasteiger partial charge in [0, 0.05) is 23.2 Å². The molecule has 0 unspecified atom stereocenters. The van der Waals surface area contributed by atoms with Crippen LogP contribution < -0.4 is 0 Å². The summed E-state index contributed by atoms with van der Waals surface area (Å²) in [4.78, 5) is 3.46. The lowest BCUT2D eigenvalue weighted by atomic mass is 10.0. The summed E-state index contributed by atoms with van der Waals surface area (Å²) in [7, 11) is 0. The number of nitrogens with one attached hydrogen (secondary N) is 1. The van der Waals surface area contributed by atoms with Crippen molar-refractivity contribution >= 4 is 10.9 Å². The van der Waals surface area contributed by atoms with E-state index in [2.05, 4.69) is 37.9 Å². The van der Waals surface area contributed by atoms with E-state index < -0.39 is 0 Å². The number of hydrogen-bond donors (Lipinski definition) is 2. The van der Waals surface area contributed by atoms with Gasteiger partial charge in [0.1, 0.15) is 0 Å². The third-order valence-electron chi connectivity index (χ3n) is 3.27. The maximum atomic E-state index is 8.94. The monoisotopic (exact) mass is 217 g/mol. The van der Waals surface area contributed by atoms with Gasteiger partial charge in [-0.15, -0.1) is 0 Å². The quantitative estimate of drug-likeness (QED) is 0.814. The Kier molecular flexibility index (Phi) is 3.01. The molecule has 0 aliphatic rings. The van der Waals surface area contributed by atoms with Crippen molar-refractivity contribution in [1.29, 1.82) is 0 Å². The van der Waals surface area contributed by atoms with Crippen molar-refractivity contribution in [1.82, 2.24) is 4.98 Å². The van der Waals surface area contributed by atoms with Gasteiger partial charge >= 0.3 is 0 Å². The van der Waals surface area contributed by atoms with Crippen LogP contribution in [-0.2, 0) is 6.42 Å². The number of rotatable bonds is 3. The molecule has 0 amide bonds. The van der Waals surface area contributed by atoms with E-state index >= 15 is 0 Å². The van der Waals surface area contributed by atoms with E-state index in [9.17, 15) is 0 Å². The van der Waals surface area contributed by atoms with Crippen molar-refractivity contribution < 1.29 is 5.11 Å². The van der Waals surface area contributed by atoms with Gasteiger partial charge in [-0.3, -0.25) is 0 Å². The highest BCUT2D eigenvalue weighted by atomic mass is 16.2. The van der Waals surface area contributed by atoms with Crippen LogP contribution in [0.3, 0.4) is 0 Å². The number of hydrogen-bond acceptors (Lipinski definition) is 1. The molecule has 0 spiro atoms. The second-order valence-corrected chi connectivity index (χ2v) is 4.51. The Morgan fingerprint density at radius 1 is 1.12 bits per heavy atom. The molecule has 0 aliphatic carbocycles. The Bertz CT molecular complexity index is 511. The predicted octanol–water partition coefficient (Wildman–Crippen LogP) is 3.02. The van der Waals surface area contributed by atoms with Gasteiger partial charge in [0.2, 0.25) is 0 Å². The van der Waals surface area contributed by atoms with E-state index in [1.54, 1.807) is 0 Å². The summed E-state index contributed by atoms with van der Waals surface area (Å²) in [6.45, 7) is 6.66. The second-order valence-electron chi connectivity index (χ2n) is 4.51. The maximum absolute atomic E-state index is 8.94. The summed E-state index contributed by atoms with van der Waals surface area (Å²) in [5, 5.41) is 10.3. The molecule has 0 saturated carbocycles. The van der Waals surface area contributed by atoms with Crippen LogP contribution in [0.25, 0.3) is 10.9 Å². The van der Waals surface area contributed by atoms with E-state index in [-0.39, 0.29) is 6.61 Å². The lowest BCUT2D eigenvalue weighted by Gasteiger charge is -2.03. The average Bonchev–Trinajstić information content (AvgIpc) is 2.59. The first kappa shape index (κ1) is 11.2. The van der Waals surface area contributed by atoms with Gasteiger partial charge in [0.25, 0.3) is 0 Å². The molecule has 0 aliphatic heterocycles. The van der Waals surface area contributed by atoms with Gasteiger partial charge in [-0.1, -0.05) is 12.1 Å². The molecule has 2 heteroatoms. The number of aryl methyl sites for hydroxylation is 4. The molecular weight excluding hydrogens is 198 g/mol. The third kappa shape index (κ3) is 1.74. The summed E-state index contributed by atoms with van der Waals surface area (Å²) in [6, 6.07) is 4.33. The van der Waals surface area contributed by atoms with Crippen molar-refractivity contribution in [3.8, 4) is 0 Å². The number of benzene rings is 1. The number of aliphatic hydroxyl groups excluding tert-OH is 1. The lowest BCUT2D eigenvalue weighted by molar-refractivity contribution is 0.288. The molecule has 0 bridgehead atoms. The number of aliphatic hydroxyl groups is 1. The Hall–Kier alpha value is -1.28. The summed E-state index contributed by atoms with van der Waals surface area (Å²) in [5.74, 6) is 0. The van der Waals surface area contributed by atoms with Crippen molar-refractivity contribution in [2.45, 2.75) is 33.6 Å². The van der Waals surface area contributed by atoms with Crippen LogP contribution in [0.2, 0.25) is 0 Å². The molecule has 2 aromatic rings. The van der Waals surface area contributed by atoms with Crippen LogP contribution in [0.1, 0.15) is 28.8 Å². The predicted molar refractivity (Wildman–Crippen MR) is 67.9 cm³/mol. The van der Waals surface area contributed by atoms with Crippen LogP contribution >= 0.6 is 0 Å². The van der Waals surface area contributed by atoms with Crippen LogP contribution in [0.4, 0.5) is 0 Å². The number of fused-ring (bicyclic) bond motifs is 1. The number of aromatic nitrogens is 1. The van der Waals surface area contributed by atoms with E-state index in [4.69, 9.17) is 5.11 Å². The molecule has 16 heavy (non-hydrogen) atoms. The molecule has 2 nitrogen and oxygen atoms in total. The Morgan fingerprint density at radius 2 is 1.81 bits per heavy atom. The molecule has 2 rings (SSSR count). The largest absolute Gasteiger partial charge is 0.396 e. The SMILES string of the molecule is Cc1[nH]c2c(C)ccc(C)c2c1CCCO. The van der Waals surface area contributed by atoms with Crippen molar-refractivity contribution in [2.75, 3.05) is 6.61 Å². The summed E-state index contributed by atoms with van der Waals surface area (Å²) in [6.07, 6.45) is 1.79. The van der Waals surface area contributed by atoms with Crippen LogP contribution in [0.5, 0.6) is 0 Å². The zero-order valence-electron chi connectivity index (χ0n) is 10.2. The van der Waals surface area contributed by atoms with Gasteiger partial charge in [0.15, 0.2) is 0 Å². The third-order valence-corrected chi connectivity index (χ3v) is 3.27. The summed E-state index contributed by atoms with van der Waals surface area (Å²) < 4.78 is 0. The molecule has 1 aromatic carbocycles. The first-order valence-corrected chi connectivity index (χ1v) is 5.83. The first-order valence-electron chi connectivity index (χ1n) is 5.83. The topological polar surface area (TPSA) is 36.0 Å². The molecule has 0 saturated heterocycles. The van der Waals surface area contributed by atoms with E-state index in [1.165, 1.54) is 33.3 Å². The fourth-order valence-corrected chi connectivity index (χ4v) is 2.38. The number of aromatic amines is 1. The molecule has 0 fully saturated rings. The highest BCUT2D eigenvalue weighted by molar-refractivity contribution is 5.90. The number of H-pyrrole nitrogens is 1. The van der Waals surface area contributed by atoms with Crippen LogP contribution in [-0.4, -0.2) is 16.7 Å². The fourth-order valence-electron chi connectivity index (χ4n) is 2.38. The van der Waals surface area contributed by atoms with Crippen molar-refractivity contribution in [3.05, 3.63) is 34.5 Å². The lowest BCUT2D eigenvalue weighted by Crippen LogP contribution is -1.91. The minimum absolute atomic E-state index is 0.261. The zero-order chi connectivity index (χ0) is 11.7. The molecular formula is C14H19NO. The molecule has 86 valence electrons.